The predicted octanol–water partition coefficient (Wildman–Crippen LogP) is 5.54. The minimum atomic E-state index is -0.782. The third-order valence-electron chi connectivity index (χ3n) is 8.27. The van der Waals surface area contributed by atoms with Crippen molar-refractivity contribution in [1.82, 2.24) is 0 Å². The van der Waals surface area contributed by atoms with Gasteiger partial charge in [0, 0.05) is 27.2 Å². The topological polar surface area (TPSA) is 125 Å². The van der Waals surface area contributed by atoms with Crippen LogP contribution in [0.1, 0.15) is 37.5 Å². The van der Waals surface area contributed by atoms with E-state index < -0.39 is 24.2 Å². The molecule has 0 atom stereocenters. The quantitative estimate of drug-likeness (QED) is 0.135. The van der Waals surface area contributed by atoms with Crippen molar-refractivity contribution >= 4 is 17.9 Å². The fourth-order valence-electron chi connectivity index (χ4n) is 5.65. The Hall–Kier alpha value is -4.13. The van der Waals surface area contributed by atoms with Gasteiger partial charge in [0.05, 0.1) is 55.3 Å². The van der Waals surface area contributed by atoms with Gasteiger partial charge in [0.1, 0.15) is 17.6 Å². The molecule has 0 bridgehead atoms. The van der Waals surface area contributed by atoms with Gasteiger partial charge in [0.25, 0.3) is 0 Å². The fourth-order valence-corrected chi connectivity index (χ4v) is 5.65. The Morgan fingerprint density at radius 1 is 0.667 bits per heavy atom. The van der Waals surface area contributed by atoms with Crippen molar-refractivity contribution < 1.29 is 52.3 Å². The van der Waals surface area contributed by atoms with Crippen LogP contribution in [-0.2, 0) is 42.8 Å². The van der Waals surface area contributed by atoms with Crippen LogP contribution in [0.5, 0.6) is 11.5 Å². The highest BCUT2D eigenvalue weighted by Gasteiger charge is 2.35. The normalized spacial score (nSPS) is 20.7. The Labute approximate surface area is 281 Å². The van der Waals surface area contributed by atoms with Gasteiger partial charge in [-0.1, -0.05) is 37.9 Å². The second-order valence-electron chi connectivity index (χ2n) is 11.9. The van der Waals surface area contributed by atoms with Crippen LogP contribution in [0, 0.1) is 11.8 Å². The van der Waals surface area contributed by atoms with Crippen molar-refractivity contribution in [2.75, 3.05) is 54.4 Å². The van der Waals surface area contributed by atoms with Crippen LogP contribution in [0.25, 0.3) is 11.1 Å². The molecule has 1 heterocycles. The van der Waals surface area contributed by atoms with E-state index in [-0.39, 0.29) is 48.7 Å². The standard InChI is InChI=1S/C37H44O11/c1-23(18-41-4)34(38)46-30-12-7-26(8-13-30)28-11-16-33(48-36(40)25(3)20-43-6)32(17-28)37-44-21-29(22-45-37)27-9-14-31(15-10-27)47-35(39)24(2)19-42-5/h7-8,11-13,16-17,27,29,31,37H,1-3,9-10,14-15,18-22H2,4-6H3. The fraction of sp³-hybridized carbons (Fsp3) is 0.432. The first-order valence-corrected chi connectivity index (χ1v) is 15.8. The highest BCUT2D eigenvalue weighted by molar-refractivity contribution is 5.90. The van der Waals surface area contributed by atoms with Gasteiger partial charge in [-0.3, -0.25) is 0 Å². The van der Waals surface area contributed by atoms with E-state index in [4.69, 9.17) is 37.9 Å². The predicted molar refractivity (Wildman–Crippen MR) is 176 cm³/mol. The third-order valence-corrected chi connectivity index (χ3v) is 8.27. The monoisotopic (exact) mass is 664 g/mol. The summed E-state index contributed by atoms with van der Waals surface area (Å²) >= 11 is 0. The first-order valence-electron chi connectivity index (χ1n) is 15.8. The maximum atomic E-state index is 12.7. The zero-order valence-electron chi connectivity index (χ0n) is 27.8. The van der Waals surface area contributed by atoms with Crippen molar-refractivity contribution in [3.63, 3.8) is 0 Å². The summed E-state index contributed by atoms with van der Waals surface area (Å²) in [4.78, 5) is 37.2. The molecule has 0 spiro atoms. The smallest absolute Gasteiger partial charge is 0.341 e. The van der Waals surface area contributed by atoms with Crippen molar-refractivity contribution in [3.8, 4) is 22.6 Å². The third kappa shape index (κ3) is 9.94. The summed E-state index contributed by atoms with van der Waals surface area (Å²) in [5.41, 5.74) is 2.85. The number of rotatable bonds is 15. The number of hydrogen-bond donors (Lipinski definition) is 0. The Morgan fingerprint density at radius 3 is 1.75 bits per heavy atom. The number of hydrogen-bond acceptors (Lipinski definition) is 11. The molecule has 11 heteroatoms. The molecule has 0 N–H and O–H groups in total. The molecule has 4 rings (SSSR count). The van der Waals surface area contributed by atoms with Crippen molar-refractivity contribution in [1.29, 1.82) is 0 Å². The zero-order valence-corrected chi connectivity index (χ0v) is 27.8. The molecular formula is C37H44O11. The molecule has 2 aliphatic rings. The van der Waals surface area contributed by atoms with Gasteiger partial charge in [-0.15, -0.1) is 0 Å². The van der Waals surface area contributed by atoms with E-state index in [2.05, 4.69) is 19.7 Å². The van der Waals surface area contributed by atoms with Crippen LogP contribution >= 0.6 is 0 Å². The van der Waals surface area contributed by atoms with E-state index >= 15 is 0 Å². The molecule has 0 unspecified atom stereocenters. The van der Waals surface area contributed by atoms with Gasteiger partial charge in [0.2, 0.25) is 0 Å². The lowest BCUT2D eigenvalue weighted by Gasteiger charge is -2.37. The Kier molecular flexibility index (Phi) is 13.7. The van der Waals surface area contributed by atoms with Gasteiger partial charge < -0.3 is 37.9 Å². The number of benzene rings is 2. The van der Waals surface area contributed by atoms with Gasteiger partial charge in [-0.05, 0) is 67.0 Å². The lowest BCUT2D eigenvalue weighted by Crippen LogP contribution is -2.36. The Balaban J connectivity index is 1.43. The summed E-state index contributed by atoms with van der Waals surface area (Å²) in [6.45, 7) is 12.3. The molecule has 2 aromatic rings. The highest BCUT2D eigenvalue weighted by atomic mass is 16.7. The summed E-state index contributed by atoms with van der Waals surface area (Å²) in [5.74, 6) is -0.458. The molecule has 11 nitrogen and oxygen atoms in total. The second kappa shape index (κ2) is 17.9. The van der Waals surface area contributed by atoms with Crippen LogP contribution in [0.3, 0.4) is 0 Å². The summed E-state index contributed by atoms with van der Waals surface area (Å²) in [7, 11) is 4.46. The van der Waals surface area contributed by atoms with Crippen molar-refractivity contribution in [2.24, 2.45) is 11.8 Å². The minimum absolute atomic E-state index is 0.0312. The molecule has 1 saturated carbocycles. The van der Waals surface area contributed by atoms with Crippen LogP contribution in [0.4, 0.5) is 0 Å². The van der Waals surface area contributed by atoms with Gasteiger partial charge in [-0.25, -0.2) is 14.4 Å². The summed E-state index contributed by atoms with van der Waals surface area (Å²) in [6, 6.07) is 12.3. The van der Waals surface area contributed by atoms with Gasteiger partial charge in [0.15, 0.2) is 6.29 Å². The van der Waals surface area contributed by atoms with E-state index in [1.165, 1.54) is 21.3 Å². The van der Waals surface area contributed by atoms with Crippen molar-refractivity contribution in [3.05, 3.63) is 84.5 Å². The first kappa shape index (κ1) is 36.7. The summed E-state index contributed by atoms with van der Waals surface area (Å²) in [5, 5.41) is 0. The summed E-state index contributed by atoms with van der Waals surface area (Å²) in [6.07, 6.45) is 2.33. The number of carbonyl (C=O) groups is 3. The molecule has 0 radical (unpaired) electrons. The molecular weight excluding hydrogens is 620 g/mol. The highest BCUT2D eigenvalue weighted by Crippen LogP contribution is 2.40. The first-order chi connectivity index (χ1) is 23.1. The lowest BCUT2D eigenvalue weighted by atomic mass is 9.79. The van der Waals surface area contributed by atoms with Crippen LogP contribution in [-0.4, -0.2) is 78.4 Å². The maximum Gasteiger partial charge on any atom is 0.341 e. The van der Waals surface area contributed by atoms with Crippen LogP contribution in [0.15, 0.2) is 78.9 Å². The SMILES string of the molecule is C=C(COC)C(=O)Oc1ccc(-c2ccc(OC(=O)C(=C)COC)c(C3OCC(C4CCC(OC(=O)C(=C)COC)CC4)CO3)c2)cc1. The Morgan fingerprint density at radius 2 is 1.19 bits per heavy atom. The van der Waals surface area contributed by atoms with Gasteiger partial charge in [-0.2, -0.15) is 0 Å². The average Bonchev–Trinajstić information content (AvgIpc) is 3.09. The molecule has 2 fully saturated rings. The Bertz CT molecular complexity index is 1460. The average molecular weight is 665 g/mol. The van der Waals surface area contributed by atoms with Gasteiger partial charge >= 0.3 is 17.9 Å². The van der Waals surface area contributed by atoms with Crippen LogP contribution in [0.2, 0.25) is 0 Å². The van der Waals surface area contributed by atoms with Crippen molar-refractivity contribution in [2.45, 2.75) is 38.1 Å². The largest absolute Gasteiger partial charge is 0.459 e. The minimum Gasteiger partial charge on any atom is -0.459 e. The van der Waals surface area contributed by atoms with E-state index in [1.807, 2.05) is 24.3 Å². The van der Waals surface area contributed by atoms with E-state index in [9.17, 15) is 14.4 Å². The van der Waals surface area contributed by atoms with E-state index in [1.54, 1.807) is 18.2 Å². The molecule has 1 aliphatic heterocycles. The molecule has 0 amide bonds. The molecule has 1 aliphatic carbocycles. The molecule has 258 valence electrons. The summed E-state index contributed by atoms with van der Waals surface area (Å²) < 4.78 is 44.2. The van der Waals surface area contributed by atoms with Crippen LogP contribution < -0.4 is 9.47 Å². The number of ether oxygens (including phenoxy) is 8. The number of esters is 3. The molecule has 1 saturated heterocycles. The van der Waals surface area contributed by atoms with E-state index in [0.29, 0.717) is 36.0 Å². The zero-order chi connectivity index (χ0) is 34.6. The molecule has 48 heavy (non-hydrogen) atoms. The lowest BCUT2D eigenvalue weighted by molar-refractivity contribution is -0.216. The molecule has 0 aromatic heterocycles. The maximum absolute atomic E-state index is 12.7. The molecule has 2 aromatic carbocycles. The number of methoxy groups -OCH3 is 3. The number of carbonyl (C=O) groups excluding carboxylic acids is 3. The van der Waals surface area contributed by atoms with E-state index in [0.717, 1.165) is 36.8 Å². The second-order valence-corrected chi connectivity index (χ2v) is 11.9.